The Morgan fingerprint density at radius 1 is 1.17 bits per heavy atom. The smallest absolute Gasteiger partial charge is 0.338 e. The Kier molecular flexibility index (Phi) is 5.20. The van der Waals surface area contributed by atoms with Gasteiger partial charge in [0.1, 0.15) is 12.2 Å². The molecule has 0 amide bonds. The number of carbonyl (C=O) groups is 1. The van der Waals surface area contributed by atoms with Crippen molar-refractivity contribution in [3.63, 3.8) is 0 Å². The average Bonchev–Trinajstić information content (AvgIpc) is 3.15. The molecule has 4 rings (SSSR count). The normalized spacial score (nSPS) is 12.8. The van der Waals surface area contributed by atoms with Crippen molar-refractivity contribution in [2.24, 2.45) is 0 Å². The summed E-state index contributed by atoms with van der Waals surface area (Å²) in [7, 11) is 0. The zero-order valence-electron chi connectivity index (χ0n) is 15.8. The zero-order chi connectivity index (χ0) is 20.5. The van der Waals surface area contributed by atoms with Crippen LogP contribution in [0.3, 0.4) is 0 Å². The number of hydrogen-bond acceptors (Lipinski definition) is 6. The summed E-state index contributed by atoms with van der Waals surface area (Å²) in [6.45, 7) is 1.96. The van der Waals surface area contributed by atoms with E-state index >= 15 is 0 Å². The molecule has 6 nitrogen and oxygen atoms in total. The lowest BCUT2D eigenvalue weighted by atomic mass is 10.0. The Hall–Kier alpha value is -2.99. The molecule has 0 bridgehead atoms. The van der Waals surface area contributed by atoms with Gasteiger partial charge in [-0.05, 0) is 61.6 Å². The molecule has 150 valence electrons. The Bertz CT molecular complexity index is 1160. The molecule has 1 aromatic heterocycles. The predicted molar refractivity (Wildman–Crippen MR) is 108 cm³/mol. The summed E-state index contributed by atoms with van der Waals surface area (Å²) < 4.78 is 16.0. The highest BCUT2D eigenvalue weighted by atomic mass is 35.5. The molecule has 7 heteroatoms. The highest BCUT2D eigenvalue weighted by molar-refractivity contribution is 6.32. The third-order valence-corrected chi connectivity index (χ3v) is 5.25. The molecule has 0 unspecified atom stereocenters. The Morgan fingerprint density at radius 2 is 1.93 bits per heavy atom. The Morgan fingerprint density at radius 3 is 2.69 bits per heavy atom. The van der Waals surface area contributed by atoms with Crippen molar-refractivity contribution >= 4 is 28.5 Å². The number of aromatic hydroxyl groups is 1. The molecule has 1 aliphatic carbocycles. The first-order chi connectivity index (χ1) is 14.0. The van der Waals surface area contributed by atoms with Gasteiger partial charge in [-0.25, -0.2) is 9.59 Å². The van der Waals surface area contributed by atoms with Gasteiger partial charge in [-0.2, -0.15) is 0 Å². The largest absolute Gasteiger partial charge is 0.503 e. The number of phenols is 1. The van der Waals surface area contributed by atoms with Gasteiger partial charge in [-0.1, -0.05) is 11.6 Å². The number of esters is 1. The van der Waals surface area contributed by atoms with Gasteiger partial charge in [0.05, 0.1) is 17.2 Å². The van der Waals surface area contributed by atoms with E-state index in [1.165, 1.54) is 29.3 Å². The minimum atomic E-state index is -0.643. The van der Waals surface area contributed by atoms with Crippen LogP contribution in [0.2, 0.25) is 5.02 Å². The molecule has 0 fully saturated rings. The van der Waals surface area contributed by atoms with Crippen molar-refractivity contribution < 1.29 is 23.8 Å². The molecular weight excluding hydrogens is 396 g/mol. The van der Waals surface area contributed by atoms with E-state index in [1.54, 1.807) is 6.92 Å². The van der Waals surface area contributed by atoms with Crippen LogP contribution in [0.5, 0.6) is 11.5 Å². The molecule has 1 aliphatic rings. The first-order valence-electron chi connectivity index (χ1n) is 9.37. The topological polar surface area (TPSA) is 86.0 Å². The van der Waals surface area contributed by atoms with Gasteiger partial charge in [0.2, 0.25) is 0 Å². The Balaban J connectivity index is 1.62. The SMILES string of the molecule is CCOc1cc(C(=O)OCc2cc(=O)oc3cc4c(cc23)CCC4)cc(Cl)c1O. The van der Waals surface area contributed by atoms with E-state index in [2.05, 4.69) is 0 Å². The molecule has 0 saturated carbocycles. The van der Waals surface area contributed by atoms with Crippen molar-refractivity contribution in [2.75, 3.05) is 6.61 Å². The second-order valence-electron chi connectivity index (χ2n) is 6.88. The van der Waals surface area contributed by atoms with E-state index in [1.807, 2.05) is 12.1 Å². The standard InChI is InChI=1S/C22H19ClO6/c1-2-27-19-9-14(7-17(23)21(19)25)22(26)28-11-15-10-20(24)29-18-8-13-5-3-4-12(13)6-16(15)18/h6-10,25H,2-5,11H2,1H3. The summed E-state index contributed by atoms with van der Waals surface area (Å²) >= 11 is 5.98. The van der Waals surface area contributed by atoms with Crippen LogP contribution in [-0.4, -0.2) is 17.7 Å². The average molecular weight is 415 g/mol. The van der Waals surface area contributed by atoms with Crippen LogP contribution in [0.25, 0.3) is 11.0 Å². The highest BCUT2D eigenvalue weighted by Crippen LogP contribution is 2.35. The number of halogens is 1. The predicted octanol–water partition coefficient (Wildman–Crippen LogP) is 4.40. The first kappa shape index (κ1) is 19.3. The van der Waals surface area contributed by atoms with Crippen molar-refractivity contribution in [2.45, 2.75) is 32.8 Å². The molecule has 29 heavy (non-hydrogen) atoms. The maximum atomic E-state index is 12.5. The number of fused-ring (bicyclic) bond motifs is 2. The molecule has 0 atom stereocenters. The van der Waals surface area contributed by atoms with Crippen molar-refractivity contribution in [3.05, 3.63) is 68.0 Å². The first-order valence-corrected chi connectivity index (χ1v) is 9.75. The highest BCUT2D eigenvalue weighted by Gasteiger charge is 2.18. The molecule has 0 spiro atoms. The number of ether oxygens (including phenoxy) is 2. The summed E-state index contributed by atoms with van der Waals surface area (Å²) in [6.07, 6.45) is 3.03. The van der Waals surface area contributed by atoms with Crippen LogP contribution in [0, 0.1) is 0 Å². The monoisotopic (exact) mass is 414 g/mol. The van der Waals surface area contributed by atoms with Crippen molar-refractivity contribution in [3.8, 4) is 11.5 Å². The van der Waals surface area contributed by atoms with Crippen LogP contribution in [-0.2, 0) is 24.2 Å². The molecular formula is C22H19ClO6. The van der Waals surface area contributed by atoms with Gasteiger partial charge < -0.3 is 19.0 Å². The van der Waals surface area contributed by atoms with Gasteiger partial charge in [-0.3, -0.25) is 0 Å². The van der Waals surface area contributed by atoms with E-state index in [-0.39, 0.29) is 28.7 Å². The quantitative estimate of drug-likeness (QED) is 0.492. The third-order valence-electron chi connectivity index (χ3n) is 4.97. The summed E-state index contributed by atoms with van der Waals surface area (Å²) in [5, 5.41) is 10.7. The van der Waals surface area contributed by atoms with Gasteiger partial charge >= 0.3 is 11.6 Å². The molecule has 0 aliphatic heterocycles. The van der Waals surface area contributed by atoms with E-state index in [9.17, 15) is 14.7 Å². The molecule has 3 aromatic rings. The van der Waals surface area contributed by atoms with E-state index < -0.39 is 11.6 Å². The summed E-state index contributed by atoms with van der Waals surface area (Å²) in [6, 6.07) is 7.93. The molecule has 1 heterocycles. The Labute approximate surface area is 171 Å². The molecule has 2 aromatic carbocycles. The maximum absolute atomic E-state index is 12.5. The lowest BCUT2D eigenvalue weighted by Gasteiger charge is -2.11. The van der Waals surface area contributed by atoms with E-state index in [0.717, 1.165) is 24.6 Å². The minimum Gasteiger partial charge on any atom is -0.503 e. The summed E-state index contributed by atoms with van der Waals surface area (Å²) in [5.74, 6) is -0.769. The lowest BCUT2D eigenvalue weighted by Crippen LogP contribution is -2.09. The molecule has 1 N–H and O–H groups in total. The van der Waals surface area contributed by atoms with Crippen molar-refractivity contribution in [1.29, 1.82) is 0 Å². The van der Waals surface area contributed by atoms with Gasteiger partial charge in [0.25, 0.3) is 0 Å². The number of carbonyl (C=O) groups excluding carboxylic acids is 1. The molecule has 0 saturated heterocycles. The fourth-order valence-electron chi connectivity index (χ4n) is 3.60. The van der Waals surface area contributed by atoms with Gasteiger partial charge in [0, 0.05) is 17.0 Å². The molecule has 0 radical (unpaired) electrons. The van der Waals surface area contributed by atoms with Crippen molar-refractivity contribution in [1.82, 2.24) is 0 Å². The van der Waals surface area contributed by atoms with Gasteiger partial charge in [-0.15, -0.1) is 0 Å². The van der Waals surface area contributed by atoms with Gasteiger partial charge in [0.15, 0.2) is 11.5 Å². The van der Waals surface area contributed by atoms with Crippen LogP contribution >= 0.6 is 11.6 Å². The maximum Gasteiger partial charge on any atom is 0.338 e. The lowest BCUT2D eigenvalue weighted by molar-refractivity contribution is 0.0473. The summed E-state index contributed by atoms with van der Waals surface area (Å²) in [5.41, 5.74) is 3.14. The zero-order valence-corrected chi connectivity index (χ0v) is 16.5. The number of phenolic OH excluding ortho intramolecular Hbond substituents is 1. The summed E-state index contributed by atoms with van der Waals surface area (Å²) in [4.78, 5) is 24.5. The second kappa shape index (κ2) is 7.79. The van der Waals surface area contributed by atoms with Crippen LogP contribution in [0.1, 0.15) is 40.4 Å². The second-order valence-corrected chi connectivity index (χ2v) is 7.28. The van der Waals surface area contributed by atoms with E-state index in [4.69, 9.17) is 25.5 Å². The van der Waals surface area contributed by atoms with Crippen LogP contribution in [0.4, 0.5) is 0 Å². The fraction of sp³-hybridized carbons (Fsp3) is 0.273. The van der Waals surface area contributed by atoms with Crippen LogP contribution < -0.4 is 10.4 Å². The number of aryl methyl sites for hydroxylation is 2. The minimum absolute atomic E-state index is 0.00994. The van der Waals surface area contributed by atoms with Crippen LogP contribution in [0.15, 0.2) is 39.5 Å². The number of rotatable bonds is 5. The van der Waals surface area contributed by atoms with E-state index in [0.29, 0.717) is 17.8 Å². The number of benzene rings is 2. The third kappa shape index (κ3) is 3.80. The fourth-order valence-corrected chi connectivity index (χ4v) is 3.81. The number of hydrogen-bond donors (Lipinski definition) is 1.